The molecule has 1 atom stereocenters. The van der Waals surface area contributed by atoms with Crippen LogP contribution in [0.1, 0.15) is 45.4 Å². The number of hydrogen-bond acceptors (Lipinski definition) is 2. The van der Waals surface area contributed by atoms with Crippen LogP contribution in [0.2, 0.25) is 0 Å². The molecule has 1 saturated carbocycles. The molecule has 2 aliphatic rings. The van der Waals surface area contributed by atoms with E-state index in [1.54, 1.807) is 0 Å². The molecule has 0 unspecified atom stereocenters. The maximum absolute atomic E-state index is 12.6. The number of anilines is 1. The van der Waals surface area contributed by atoms with Crippen molar-refractivity contribution in [1.82, 2.24) is 5.32 Å². The Morgan fingerprint density at radius 2 is 1.92 bits per heavy atom. The number of nitrogens with zero attached hydrogens (tertiary/aromatic N) is 1. The number of aromatic amines is 1. The number of hydrogen-bond donors (Lipinski definition) is 2. The van der Waals surface area contributed by atoms with Gasteiger partial charge in [0.25, 0.3) is 11.7 Å². The van der Waals surface area contributed by atoms with Crippen LogP contribution in [-0.4, -0.2) is 44.2 Å². The molecule has 5 nitrogen and oxygen atoms in total. The van der Waals surface area contributed by atoms with Crippen LogP contribution < -0.4 is 20.1 Å². The molecule has 132 valence electrons. The zero-order valence-electron chi connectivity index (χ0n) is 14.9. The topological polar surface area (TPSA) is 50.9 Å². The van der Waals surface area contributed by atoms with Crippen LogP contribution in [0.25, 0.3) is 0 Å². The molecule has 0 radical (unpaired) electrons. The molecular formula is C19H32N4O+2. The maximum atomic E-state index is 12.6. The van der Waals surface area contributed by atoms with Gasteiger partial charge in [-0.15, -0.1) is 0 Å². The van der Waals surface area contributed by atoms with E-state index in [0.29, 0.717) is 6.04 Å². The van der Waals surface area contributed by atoms with Crippen molar-refractivity contribution in [3.05, 3.63) is 24.4 Å². The van der Waals surface area contributed by atoms with Crippen molar-refractivity contribution in [1.29, 1.82) is 0 Å². The van der Waals surface area contributed by atoms with Crippen molar-refractivity contribution < 1.29 is 14.7 Å². The molecule has 0 aromatic carbocycles. The van der Waals surface area contributed by atoms with E-state index in [1.165, 1.54) is 36.4 Å². The molecule has 1 aliphatic carbocycles. The van der Waals surface area contributed by atoms with Gasteiger partial charge in [-0.2, -0.15) is 0 Å². The van der Waals surface area contributed by atoms with Gasteiger partial charge in [0.2, 0.25) is 0 Å². The average molecular weight is 332 g/mol. The van der Waals surface area contributed by atoms with Gasteiger partial charge in [-0.25, -0.2) is 4.98 Å². The Labute approximate surface area is 145 Å². The van der Waals surface area contributed by atoms with E-state index in [2.05, 4.69) is 34.3 Å². The molecule has 2 heterocycles. The molecule has 24 heavy (non-hydrogen) atoms. The lowest BCUT2D eigenvalue weighted by Gasteiger charge is -2.32. The second-order valence-corrected chi connectivity index (χ2v) is 7.31. The molecule has 1 aromatic rings. The summed E-state index contributed by atoms with van der Waals surface area (Å²) in [4.78, 5) is 19.7. The number of amides is 1. The molecule has 1 aliphatic heterocycles. The van der Waals surface area contributed by atoms with Crippen LogP contribution >= 0.6 is 0 Å². The van der Waals surface area contributed by atoms with Gasteiger partial charge in [-0.05, 0) is 25.8 Å². The number of piperazine rings is 1. The summed E-state index contributed by atoms with van der Waals surface area (Å²) in [5.74, 6) is 1.42. The Kier molecular flexibility index (Phi) is 6.07. The number of nitrogens with one attached hydrogen (secondary N) is 3. The summed E-state index contributed by atoms with van der Waals surface area (Å²) in [6.45, 7) is 6.11. The van der Waals surface area contributed by atoms with Gasteiger partial charge in [0.1, 0.15) is 26.2 Å². The van der Waals surface area contributed by atoms with Gasteiger partial charge in [-0.3, -0.25) is 9.69 Å². The fourth-order valence-electron chi connectivity index (χ4n) is 3.98. The highest BCUT2D eigenvalue weighted by atomic mass is 16.2. The molecule has 1 amide bonds. The van der Waals surface area contributed by atoms with Gasteiger partial charge in [0, 0.05) is 12.1 Å². The molecular weight excluding hydrogens is 300 g/mol. The van der Waals surface area contributed by atoms with Crippen LogP contribution in [0.15, 0.2) is 24.4 Å². The number of quaternary nitrogens is 1. The van der Waals surface area contributed by atoms with E-state index >= 15 is 0 Å². The van der Waals surface area contributed by atoms with E-state index in [1.807, 2.05) is 12.3 Å². The minimum atomic E-state index is 0.0511. The standard InChI is InChI=1S/C19H30N4O/c1-16(19(24)21-17-8-4-2-3-5-9-17)22-12-14-23(15-13-22)18-10-6-7-11-20-18/h6-7,10-11,16-17H,2-5,8-9,12-15H2,1H3,(H,21,24)/p+2/t16-/m0/s1. The van der Waals surface area contributed by atoms with Crippen LogP contribution in [0.3, 0.4) is 0 Å². The highest BCUT2D eigenvalue weighted by Gasteiger charge is 2.33. The Hall–Kier alpha value is -1.62. The number of pyridine rings is 1. The fourth-order valence-corrected chi connectivity index (χ4v) is 3.98. The van der Waals surface area contributed by atoms with Crippen molar-refractivity contribution in [2.45, 2.75) is 57.5 Å². The zero-order valence-corrected chi connectivity index (χ0v) is 14.9. The summed E-state index contributed by atoms with van der Waals surface area (Å²) in [6.07, 6.45) is 9.46. The molecule has 5 heteroatoms. The maximum Gasteiger partial charge on any atom is 0.278 e. The van der Waals surface area contributed by atoms with Crippen molar-refractivity contribution >= 4 is 11.7 Å². The molecule has 3 N–H and O–H groups in total. The second-order valence-electron chi connectivity index (χ2n) is 7.31. The van der Waals surface area contributed by atoms with E-state index in [-0.39, 0.29) is 11.9 Å². The van der Waals surface area contributed by atoms with Gasteiger partial charge in [0.15, 0.2) is 6.04 Å². The quantitative estimate of drug-likeness (QED) is 0.786. The molecule has 3 rings (SSSR count). The number of H-pyrrole nitrogens is 1. The summed E-state index contributed by atoms with van der Waals surface area (Å²) in [5, 5.41) is 3.32. The van der Waals surface area contributed by atoms with Crippen LogP contribution in [0, 0.1) is 0 Å². The Balaban J connectivity index is 1.47. The lowest BCUT2D eigenvalue weighted by Crippen LogP contribution is -3.19. The van der Waals surface area contributed by atoms with Crippen molar-refractivity contribution in [2.75, 3.05) is 31.1 Å². The van der Waals surface area contributed by atoms with E-state index in [0.717, 1.165) is 39.0 Å². The second kappa shape index (κ2) is 8.47. The minimum absolute atomic E-state index is 0.0511. The molecule has 0 spiro atoms. The minimum Gasteiger partial charge on any atom is -0.348 e. The van der Waals surface area contributed by atoms with Gasteiger partial charge < -0.3 is 10.2 Å². The molecule has 1 saturated heterocycles. The predicted octanol–water partition coefficient (Wildman–Crippen LogP) is 0.433. The average Bonchev–Trinajstić information content (AvgIpc) is 2.90. The lowest BCUT2D eigenvalue weighted by atomic mass is 10.1. The highest BCUT2D eigenvalue weighted by molar-refractivity contribution is 5.80. The van der Waals surface area contributed by atoms with Gasteiger partial charge in [-0.1, -0.05) is 31.7 Å². The third-order valence-corrected chi connectivity index (χ3v) is 5.65. The number of carbonyl (C=O) groups excluding carboxylic acids is 1. The summed E-state index contributed by atoms with van der Waals surface area (Å²) in [6, 6.07) is 6.64. The van der Waals surface area contributed by atoms with Gasteiger partial charge in [0.05, 0.1) is 6.20 Å². The first-order valence-corrected chi connectivity index (χ1v) is 9.60. The fraction of sp³-hybridized carbons (Fsp3) is 0.684. The number of aromatic nitrogens is 1. The first-order chi connectivity index (χ1) is 11.7. The third-order valence-electron chi connectivity index (χ3n) is 5.65. The third kappa shape index (κ3) is 4.47. The Bertz CT molecular complexity index is 505. The van der Waals surface area contributed by atoms with E-state index in [9.17, 15) is 4.79 Å². The lowest BCUT2D eigenvalue weighted by molar-refractivity contribution is -0.914. The van der Waals surface area contributed by atoms with Gasteiger partial charge >= 0.3 is 0 Å². The van der Waals surface area contributed by atoms with Crippen LogP contribution in [0.5, 0.6) is 0 Å². The smallest absolute Gasteiger partial charge is 0.278 e. The highest BCUT2D eigenvalue weighted by Crippen LogP contribution is 2.17. The first kappa shape index (κ1) is 17.2. The van der Waals surface area contributed by atoms with Crippen molar-refractivity contribution in [3.8, 4) is 0 Å². The van der Waals surface area contributed by atoms with E-state index < -0.39 is 0 Å². The van der Waals surface area contributed by atoms with Crippen LogP contribution in [-0.2, 0) is 4.79 Å². The SMILES string of the molecule is C[C@@H](C(=O)NC1CCCCCC1)[NH+]1CCN(c2cccc[nH+]2)CC1. The first-order valence-electron chi connectivity index (χ1n) is 9.60. The Morgan fingerprint density at radius 3 is 2.54 bits per heavy atom. The number of rotatable bonds is 4. The summed E-state index contributed by atoms with van der Waals surface area (Å²) < 4.78 is 0. The largest absolute Gasteiger partial charge is 0.348 e. The van der Waals surface area contributed by atoms with Crippen molar-refractivity contribution in [2.24, 2.45) is 0 Å². The Morgan fingerprint density at radius 1 is 1.21 bits per heavy atom. The summed E-state index contributed by atoms with van der Waals surface area (Å²) in [5.41, 5.74) is 0. The molecule has 2 fully saturated rings. The normalized spacial score (nSPS) is 22.0. The van der Waals surface area contributed by atoms with E-state index in [4.69, 9.17) is 0 Å². The monoisotopic (exact) mass is 332 g/mol. The molecule has 0 bridgehead atoms. The predicted molar refractivity (Wildman–Crippen MR) is 95.0 cm³/mol. The van der Waals surface area contributed by atoms with Crippen molar-refractivity contribution in [3.63, 3.8) is 0 Å². The zero-order chi connectivity index (χ0) is 16.8. The summed E-state index contributed by atoms with van der Waals surface area (Å²) >= 11 is 0. The van der Waals surface area contributed by atoms with Crippen LogP contribution in [0.4, 0.5) is 5.82 Å². The molecule has 1 aromatic heterocycles. The number of carbonyl (C=O) groups is 1. The summed E-state index contributed by atoms with van der Waals surface area (Å²) in [7, 11) is 0.